The third-order valence-electron chi connectivity index (χ3n) is 3.45. The second-order valence-electron chi connectivity index (χ2n) is 10.2. The first kappa shape index (κ1) is 27.9. The molecule has 1 aromatic carbocycles. The van der Waals surface area contributed by atoms with Gasteiger partial charge in [0.15, 0.2) is 0 Å². The van der Waals surface area contributed by atoms with E-state index in [1.54, 1.807) is 62.3 Å². The number of alkyl halides is 1. The highest BCUT2D eigenvalue weighted by Gasteiger charge is 2.44. The Hall–Kier alpha value is -3.17. The third-order valence-corrected chi connectivity index (χ3v) is 3.45. The number of hydrogen-bond donors (Lipinski definition) is 0. The van der Waals surface area contributed by atoms with Gasteiger partial charge in [-0.15, -0.1) is 10.0 Å². The molecule has 0 aliphatic heterocycles. The van der Waals surface area contributed by atoms with Gasteiger partial charge in [-0.2, -0.15) is 0 Å². The zero-order valence-corrected chi connectivity index (χ0v) is 20.6. The topological polar surface area (TPSA) is 102 Å². The second kappa shape index (κ2) is 10.2. The summed E-state index contributed by atoms with van der Waals surface area (Å²) in [6.45, 7) is 13.2. The zero-order chi connectivity index (χ0) is 25.8. The molecule has 0 saturated heterocycles. The molecule has 0 bridgehead atoms. The molecular formula is C23H33FN2O7. The number of ether oxygens (including phenoxy) is 3. The molecule has 0 aliphatic carbocycles. The van der Waals surface area contributed by atoms with Gasteiger partial charge in [0.05, 0.1) is 0 Å². The maximum atomic E-state index is 13.3. The average Bonchev–Trinajstić information content (AvgIpc) is 2.60. The van der Waals surface area contributed by atoms with Crippen LogP contribution in [0.25, 0.3) is 0 Å². The number of carbonyl (C=O) groups excluding carboxylic acids is 4. The quantitative estimate of drug-likeness (QED) is 0.410. The van der Waals surface area contributed by atoms with Crippen molar-refractivity contribution in [2.24, 2.45) is 0 Å². The summed E-state index contributed by atoms with van der Waals surface area (Å²) in [7, 11) is 0. The Morgan fingerprint density at radius 1 is 0.667 bits per heavy atom. The van der Waals surface area contributed by atoms with Gasteiger partial charge in [0, 0.05) is 5.56 Å². The second-order valence-corrected chi connectivity index (χ2v) is 10.2. The Labute approximate surface area is 193 Å². The van der Waals surface area contributed by atoms with Crippen LogP contribution in [0.1, 0.15) is 78.2 Å². The van der Waals surface area contributed by atoms with E-state index in [0.29, 0.717) is 5.56 Å². The standard InChI is InChI=1S/C23H33FN2O7/c1-21(2,3)31-18(28)25(17(27)16-12-10-15(14-24)11-13-16)26(19(29)32-22(4,5)6)20(30)33-23(7,8)9/h10-13H,14H2,1-9H3. The molecule has 4 amide bonds. The minimum Gasteiger partial charge on any atom is -0.442 e. The first-order valence-corrected chi connectivity index (χ1v) is 10.3. The van der Waals surface area contributed by atoms with Crippen LogP contribution in [-0.2, 0) is 20.9 Å². The van der Waals surface area contributed by atoms with Crippen molar-refractivity contribution >= 4 is 24.2 Å². The Morgan fingerprint density at radius 2 is 1.00 bits per heavy atom. The third kappa shape index (κ3) is 9.07. The van der Waals surface area contributed by atoms with Crippen molar-refractivity contribution in [3.05, 3.63) is 35.4 Å². The van der Waals surface area contributed by atoms with E-state index in [-0.39, 0.29) is 15.6 Å². The van der Waals surface area contributed by atoms with Crippen LogP contribution in [0.5, 0.6) is 0 Å². The molecule has 0 aliphatic rings. The summed E-state index contributed by atoms with van der Waals surface area (Å²) in [5, 5.41) is 0.383. The first-order valence-electron chi connectivity index (χ1n) is 10.3. The van der Waals surface area contributed by atoms with E-state index in [1.165, 1.54) is 24.3 Å². The van der Waals surface area contributed by atoms with Gasteiger partial charge in [0.25, 0.3) is 5.91 Å². The number of halogens is 1. The summed E-state index contributed by atoms with van der Waals surface area (Å²) in [4.78, 5) is 52.3. The molecule has 9 nitrogen and oxygen atoms in total. The van der Waals surface area contributed by atoms with Crippen LogP contribution in [-0.4, -0.2) is 51.0 Å². The van der Waals surface area contributed by atoms with Crippen molar-refractivity contribution < 1.29 is 37.8 Å². The SMILES string of the molecule is CC(C)(C)OC(=O)N(C(=O)OC(C)(C)C)N(C(=O)OC(C)(C)C)C(=O)c1ccc(CF)cc1. The lowest BCUT2D eigenvalue weighted by Crippen LogP contribution is -2.58. The molecule has 0 aromatic heterocycles. The fourth-order valence-corrected chi connectivity index (χ4v) is 2.27. The Balaban J connectivity index is 3.61. The molecule has 0 radical (unpaired) electrons. The van der Waals surface area contributed by atoms with Crippen LogP contribution in [0, 0.1) is 0 Å². The van der Waals surface area contributed by atoms with E-state index in [9.17, 15) is 23.6 Å². The van der Waals surface area contributed by atoms with Crippen molar-refractivity contribution in [2.75, 3.05) is 0 Å². The lowest BCUT2D eigenvalue weighted by Gasteiger charge is -2.34. The summed E-state index contributed by atoms with van der Waals surface area (Å²) in [6.07, 6.45) is -3.95. The molecule has 33 heavy (non-hydrogen) atoms. The number of imide groups is 2. The monoisotopic (exact) mass is 468 g/mol. The molecule has 1 rings (SSSR count). The summed E-state index contributed by atoms with van der Waals surface area (Å²) in [5.41, 5.74) is -3.01. The van der Waals surface area contributed by atoms with Gasteiger partial charge in [0.2, 0.25) is 0 Å². The Bertz CT molecular complexity index is 850. The molecule has 1 aromatic rings. The lowest BCUT2D eigenvalue weighted by atomic mass is 10.1. The predicted octanol–water partition coefficient (Wildman–Crippen LogP) is 5.62. The number of hydrazine groups is 1. The molecule has 0 saturated carbocycles. The van der Waals surface area contributed by atoms with E-state index < -0.39 is 47.7 Å². The first-order chi connectivity index (χ1) is 14.8. The normalized spacial score (nSPS) is 11.9. The largest absolute Gasteiger partial charge is 0.442 e. The molecule has 0 heterocycles. The van der Waals surface area contributed by atoms with Crippen LogP contribution in [0.15, 0.2) is 24.3 Å². The number of carbonyl (C=O) groups is 4. The summed E-state index contributed by atoms with van der Waals surface area (Å²) in [5.74, 6) is -1.08. The molecule has 0 atom stereocenters. The molecule has 0 unspecified atom stereocenters. The van der Waals surface area contributed by atoms with Crippen molar-refractivity contribution in [3.8, 4) is 0 Å². The van der Waals surface area contributed by atoms with E-state index in [0.717, 1.165) is 0 Å². The van der Waals surface area contributed by atoms with Gasteiger partial charge in [0.1, 0.15) is 23.5 Å². The van der Waals surface area contributed by atoms with E-state index in [2.05, 4.69) is 0 Å². The summed E-state index contributed by atoms with van der Waals surface area (Å²) in [6, 6.07) is 5.20. The molecule has 0 fully saturated rings. The van der Waals surface area contributed by atoms with Crippen LogP contribution >= 0.6 is 0 Å². The maximum absolute atomic E-state index is 13.3. The molecule has 0 spiro atoms. The average molecular weight is 469 g/mol. The van der Waals surface area contributed by atoms with Crippen molar-refractivity contribution in [3.63, 3.8) is 0 Å². The number of amides is 4. The molecule has 0 N–H and O–H groups in total. The highest BCUT2D eigenvalue weighted by Crippen LogP contribution is 2.21. The van der Waals surface area contributed by atoms with Crippen molar-refractivity contribution in [1.29, 1.82) is 0 Å². The van der Waals surface area contributed by atoms with Gasteiger partial charge < -0.3 is 14.2 Å². The van der Waals surface area contributed by atoms with Crippen LogP contribution in [0.2, 0.25) is 0 Å². The van der Waals surface area contributed by atoms with Crippen molar-refractivity contribution in [2.45, 2.75) is 85.8 Å². The smallest absolute Gasteiger partial charge is 0.440 e. The molecule has 10 heteroatoms. The Kier molecular flexibility index (Phi) is 8.60. The van der Waals surface area contributed by atoms with Crippen LogP contribution in [0.3, 0.4) is 0 Å². The fourth-order valence-electron chi connectivity index (χ4n) is 2.27. The lowest BCUT2D eigenvalue weighted by molar-refractivity contribution is -0.0592. The van der Waals surface area contributed by atoms with E-state index in [4.69, 9.17) is 14.2 Å². The number of benzene rings is 1. The number of nitrogens with zero attached hydrogens (tertiary/aromatic N) is 2. The van der Waals surface area contributed by atoms with Crippen LogP contribution < -0.4 is 0 Å². The number of rotatable bonds is 2. The fraction of sp³-hybridized carbons (Fsp3) is 0.565. The van der Waals surface area contributed by atoms with E-state index in [1.807, 2.05) is 0 Å². The van der Waals surface area contributed by atoms with Crippen LogP contribution in [0.4, 0.5) is 18.8 Å². The minimum absolute atomic E-state index is 0.102. The predicted molar refractivity (Wildman–Crippen MR) is 118 cm³/mol. The van der Waals surface area contributed by atoms with Gasteiger partial charge in [-0.25, -0.2) is 18.8 Å². The molecule has 184 valence electrons. The summed E-state index contributed by atoms with van der Waals surface area (Å²) < 4.78 is 28.7. The minimum atomic E-state index is -1.32. The highest BCUT2D eigenvalue weighted by atomic mass is 19.1. The van der Waals surface area contributed by atoms with E-state index >= 15 is 0 Å². The summed E-state index contributed by atoms with van der Waals surface area (Å²) >= 11 is 0. The number of hydrogen-bond acceptors (Lipinski definition) is 7. The van der Waals surface area contributed by atoms with Gasteiger partial charge in [-0.1, -0.05) is 12.1 Å². The van der Waals surface area contributed by atoms with Gasteiger partial charge >= 0.3 is 18.3 Å². The highest BCUT2D eigenvalue weighted by molar-refractivity contribution is 6.06. The maximum Gasteiger partial charge on any atom is 0.440 e. The Morgan fingerprint density at radius 3 is 1.30 bits per heavy atom. The van der Waals surface area contributed by atoms with Crippen molar-refractivity contribution in [1.82, 2.24) is 10.0 Å². The molecular weight excluding hydrogens is 435 g/mol. The van der Waals surface area contributed by atoms with Gasteiger partial charge in [-0.3, -0.25) is 4.79 Å². The zero-order valence-electron chi connectivity index (χ0n) is 20.6. The van der Waals surface area contributed by atoms with Gasteiger partial charge in [-0.05, 0) is 80.0 Å².